The Labute approximate surface area is 347 Å². The molecule has 0 saturated carbocycles. The van der Waals surface area contributed by atoms with E-state index in [9.17, 15) is 19.0 Å². The average Bonchev–Trinajstić information content (AvgIpc) is 3.20. The van der Waals surface area contributed by atoms with Crippen molar-refractivity contribution in [1.29, 1.82) is 0 Å². The first-order chi connectivity index (χ1) is 27.8. The van der Waals surface area contributed by atoms with E-state index in [0.717, 1.165) is 64.2 Å². The first-order valence-corrected chi connectivity index (χ1v) is 23.6. The van der Waals surface area contributed by atoms with Gasteiger partial charge in [0, 0.05) is 19.4 Å². The number of unbranched alkanes of at least 4 members (excludes halogenated alkanes) is 13. The molecule has 0 bridgehead atoms. The van der Waals surface area contributed by atoms with Gasteiger partial charge in [-0.25, -0.2) is 4.57 Å². The van der Waals surface area contributed by atoms with Gasteiger partial charge < -0.3 is 20.1 Å². The van der Waals surface area contributed by atoms with Crippen molar-refractivity contribution in [1.82, 2.24) is 0 Å². The molecule has 3 N–H and O–H groups in total. The molecule has 0 heterocycles. The van der Waals surface area contributed by atoms with Crippen molar-refractivity contribution in [3.63, 3.8) is 0 Å². The van der Waals surface area contributed by atoms with Crippen LogP contribution in [0.2, 0.25) is 0 Å². The van der Waals surface area contributed by atoms with Gasteiger partial charge in [-0.2, -0.15) is 0 Å². The minimum absolute atomic E-state index is 0.0391. The minimum atomic E-state index is -4.40. The molecule has 0 spiro atoms. The summed E-state index contributed by atoms with van der Waals surface area (Å²) >= 11 is 0. The van der Waals surface area contributed by atoms with E-state index in [1.54, 1.807) is 0 Å². The summed E-state index contributed by atoms with van der Waals surface area (Å²) in [4.78, 5) is 34.9. The van der Waals surface area contributed by atoms with Gasteiger partial charge in [-0.1, -0.05) is 163 Å². The molecular weight excluding hydrogens is 737 g/mol. The van der Waals surface area contributed by atoms with Crippen molar-refractivity contribution < 1.29 is 37.6 Å². The first kappa shape index (κ1) is 54.2. The molecule has 0 radical (unpaired) electrons. The largest absolute Gasteiger partial charge is 0.472 e. The highest BCUT2D eigenvalue weighted by Crippen LogP contribution is 2.43. The molecule has 0 saturated heterocycles. The van der Waals surface area contributed by atoms with Crippen LogP contribution in [0.3, 0.4) is 0 Å². The second-order valence-electron chi connectivity index (χ2n) is 14.2. The molecule has 0 rings (SSSR count). The maximum atomic E-state index is 12.6. The minimum Gasteiger partial charge on any atom is -0.462 e. The van der Waals surface area contributed by atoms with Crippen LogP contribution in [0.15, 0.2) is 85.1 Å². The van der Waals surface area contributed by atoms with Gasteiger partial charge in [0.05, 0.1) is 13.2 Å². The van der Waals surface area contributed by atoms with E-state index < -0.39 is 32.5 Å². The zero-order valence-corrected chi connectivity index (χ0v) is 36.7. The molecule has 9 nitrogen and oxygen atoms in total. The van der Waals surface area contributed by atoms with Gasteiger partial charge in [0.1, 0.15) is 6.61 Å². The average molecular weight is 818 g/mol. The van der Waals surface area contributed by atoms with Gasteiger partial charge in [0.15, 0.2) is 6.10 Å². The third kappa shape index (κ3) is 42.6. The third-order valence-electron chi connectivity index (χ3n) is 8.78. The normalized spacial score (nSPS) is 14.1. The topological polar surface area (TPSA) is 134 Å². The predicted molar refractivity (Wildman–Crippen MR) is 238 cm³/mol. The number of ether oxygens (including phenoxy) is 2. The van der Waals surface area contributed by atoms with E-state index in [1.165, 1.54) is 64.2 Å². The van der Waals surface area contributed by atoms with Crippen LogP contribution < -0.4 is 5.73 Å². The summed E-state index contributed by atoms with van der Waals surface area (Å²) < 4.78 is 32.7. The molecule has 0 aromatic rings. The number of allylic oxidation sites excluding steroid dienone is 14. The van der Waals surface area contributed by atoms with Crippen molar-refractivity contribution in [3.05, 3.63) is 85.1 Å². The molecular formula is C47H80NO8P. The molecule has 10 heteroatoms. The zero-order chi connectivity index (χ0) is 41.8. The molecule has 0 aliphatic carbocycles. The van der Waals surface area contributed by atoms with Crippen LogP contribution in [0.4, 0.5) is 0 Å². The van der Waals surface area contributed by atoms with E-state index in [4.69, 9.17) is 24.3 Å². The summed E-state index contributed by atoms with van der Waals surface area (Å²) in [6, 6.07) is 0. The van der Waals surface area contributed by atoms with Gasteiger partial charge in [-0.05, 0) is 77.0 Å². The number of nitrogens with two attached hydrogens (primary N) is 1. The van der Waals surface area contributed by atoms with E-state index in [1.807, 2.05) is 12.2 Å². The van der Waals surface area contributed by atoms with E-state index >= 15 is 0 Å². The monoisotopic (exact) mass is 818 g/mol. The summed E-state index contributed by atoms with van der Waals surface area (Å²) in [6.07, 6.45) is 53.4. The highest BCUT2D eigenvalue weighted by molar-refractivity contribution is 7.47. The lowest BCUT2D eigenvalue weighted by atomic mass is 10.1. The van der Waals surface area contributed by atoms with E-state index in [2.05, 4.69) is 86.8 Å². The fraction of sp³-hybridized carbons (Fsp3) is 0.660. The van der Waals surface area contributed by atoms with E-state index in [-0.39, 0.29) is 32.6 Å². The molecule has 0 aliphatic rings. The van der Waals surface area contributed by atoms with Gasteiger partial charge in [0.2, 0.25) is 0 Å². The van der Waals surface area contributed by atoms with Gasteiger partial charge in [0.25, 0.3) is 0 Å². The van der Waals surface area contributed by atoms with Crippen molar-refractivity contribution in [2.24, 2.45) is 5.73 Å². The van der Waals surface area contributed by atoms with Crippen LogP contribution in [0, 0.1) is 0 Å². The SMILES string of the molecule is CCC=CCC=CCC=CCC=CCC=CCC=CCCC(=O)OC[C@H](COP(=O)(O)OCCN)OC(=O)CCCCCCCCCC=CCCCCCCCC. The smallest absolute Gasteiger partial charge is 0.462 e. The Morgan fingerprint density at radius 1 is 0.544 bits per heavy atom. The van der Waals surface area contributed by atoms with Crippen molar-refractivity contribution in [3.8, 4) is 0 Å². The summed E-state index contributed by atoms with van der Waals surface area (Å²) in [6.45, 7) is 3.51. The second kappa shape index (κ2) is 42.8. The first-order valence-electron chi connectivity index (χ1n) is 22.1. The quantitative estimate of drug-likeness (QED) is 0.0268. The Kier molecular flexibility index (Phi) is 40.7. The lowest BCUT2D eigenvalue weighted by Crippen LogP contribution is -2.29. The summed E-state index contributed by atoms with van der Waals surface area (Å²) in [7, 11) is -4.40. The van der Waals surface area contributed by atoms with Crippen molar-refractivity contribution >= 4 is 19.8 Å². The Morgan fingerprint density at radius 3 is 1.51 bits per heavy atom. The van der Waals surface area contributed by atoms with Crippen LogP contribution in [0.25, 0.3) is 0 Å². The van der Waals surface area contributed by atoms with Crippen LogP contribution in [-0.2, 0) is 32.7 Å². The lowest BCUT2D eigenvalue weighted by Gasteiger charge is -2.19. The Hall–Kier alpha value is -2.81. The fourth-order valence-electron chi connectivity index (χ4n) is 5.54. The third-order valence-corrected chi connectivity index (χ3v) is 9.76. The molecule has 0 aliphatic heterocycles. The van der Waals surface area contributed by atoms with Gasteiger partial charge in [-0.15, -0.1) is 0 Å². The molecule has 1 unspecified atom stereocenters. The number of hydrogen-bond acceptors (Lipinski definition) is 8. The number of esters is 2. The molecule has 57 heavy (non-hydrogen) atoms. The van der Waals surface area contributed by atoms with Crippen molar-refractivity contribution in [2.45, 2.75) is 174 Å². The summed E-state index contributed by atoms with van der Waals surface area (Å²) in [5.41, 5.74) is 5.34. The molecule has 0 aromatic heterocycles. The second-order valence-corrected chi connectivity index (χ2v) is 15.6. The predicted octanol–water partition coefficient (Wildman–Crippen LogP) is 12.8. The van der Waals surface area contributed by atoms with Crippen molar-refractivity contribution in [2.75, 3.05) is 26.4 Å². The van der Waals surface area contributed by atoms with Crippen LogP contribution >= 0.6 is 7.82 Å². The Morgan fingerprint density at radius 2 is 1.00 bits per heavy atom. The standard InChI is InChI=1S/C47H80NO8P/c1-3-5-7-9-11-13-15-17-19-21-22-24-25-27-29-31-33-35-37-39-46(49)53-43-45(44-55-57(51,52)54-42-41-48)56-47(50)40-38-36-34-32-30-28-26-23-20-18-16-14-12-10-8-6-4-2/h5,7,11,13,17-20,22,24,27,29,33,35,45H,3-4,6,8-10,12,14-16,21,23,25-26,28,30-32,34,36-44,48H2,1-2H3,(H,51,52)/t45-/m1/s1. The number of phosphoric ester groups is 1. The lowest BCUT2D eigenvalue weighted by molar-refractivity contribution is -0.161. The highest BCUT2D eigenvalue weighted by atomic mass is 31.2. The number of phosphoric acid groups is 1. The molecule has 0 aromatic carbocycles. The molecule has 2 atom stereocenters. The molecule has 0 amide bonds. The van der Waals surface area contributed by atoms with Crippen LogP contribution in [0.1, 0.15) is 168 Å². The Bertz CT molecular complexity index is 1210. The van der Waals surface area contributed by atoms with Gasteiger partial charge in [-0.3, -0.25) is 18.6 Å². The van der Waals surface area contributed by atoms with Crippen LogP contribution in [-0.4, -0.2) is 49.3 Å². The molecule has 326 valence electrons. The zero-order valence-electron chi connectivity index (χ0n) is 35.8. The number of hydrogen-bond donors (Lipinski definition) is 2. The van der Waals surface area contributed by atoms with Crippen LogP contribution in [0.5, 0.6) is 0 Å². The fourth-order valence-corrected chi connectivity index (χ4v) is 6.30. The summed E-state index contributed by atoms with van der Waals surface area (Å²) in [5, 5.41) is 0. The number of rotatable bonds is 40. The summed E-state index contributed by atoms with van der Waals surface area (Å²) in [5.74, 6) is -0.938. The number of carbonyl (C=O) groups excluding carboxylic acids is 2. The maximum Gasteiger partial charge on any atom is 0.472 e. The Balaban J connectivity index is 4.29. The van der Waals surface area contributed by atoms with E-state index in [0.29, 0.717) is 12.8 Å². The van der Waals surface area contributed by atoms with Gasteiger partial charge >= 0.3 is 19.8 Å². The highest BCUT2D eigenvalue weighted by Gasteiger charge is 2.25. The molecule has 0 fully saturated rings. The number of carbonyl (C=O) groups is 2. The maximum absolute atomic E-state index is 12.6.